The minimum Gasteiger partial charge on any atom is -0.317 e. The Kier molecular flexibility index (Phi) is 5.31. The Bertz CT molecular complexity index is 848. The minimum atomic E-state index is -3.05. The lowest BCUT2D eigenvalue weighted by Gasteiger charge is -2.19. The van der Waals surface area contributed by atoms with E-state index in [1.54, 1.807) is 53.2 Å². The molecule has 1 fully saturated rings. The first-order valence-electron chi connectivity index (χ1n) is 7.94. The molecule has 2 atom stereocenters. The van der Waals surface area contributed by atoms with Crippen LogP contribution in [0.25, 0.3) is 0 Å². The molecule has 0 unspecified atom stereocenters. The number of rotatable bonds is 6. The third kappa shape index (κ3) is 4.53. The number of benzene rings is 1. The van der Waals surface area contributed by atoms with Gasteiger partial charge in [0.15, 0.2) is 9.84 Å². The predicted octanol–water partition coefficient (Wildman–Crippen LogP) is 0.437. The van der Waals surface area contributed by atoms with Crippen LogP contribution in [0.3, 0.4) is 0 Å². The molecule has 1 amide bonds. The second kappa shape index (κ2) is 7.47. The maximum atomic E-state index is 12.7. The molecule has 3 N–H and O–H groups in total. The van der Waals surface area contributed by atoms with E-state index in [1.165, 1.54) is 11.3 Å². The normalized spacial score (nSPS) is 20.1. The highest BCUT2D eigenvalue weighted by Crippen LogP contribution is 2.12. The summed E-state index contributed by atoms with van der Waals surface area (Å²) in [5.74, 6) is -0.417. The zero-order chi connectivity index (χ0) is 17.9. The van der Waals surface area contributed by atoms with E-state index in [2.05, 4.69) is 5.32 Å². The molecule has 1 aliphatic rings. The van der Waals surface area contributed by atoms with Gasteiger partial charge in [-0.1, -0.05) is 24.3 Å². The summed E-state index contributed by atoms with van der Waals surface area (Å²) < 4.78 is 23.3. The third-order valence-electron chi connectivity index (χ3n) is 4.10. The number of Topliss-reactive ketones (excluding diaryl/α,β-unsaturated/α-hetero) is 1. The Labute approximate surface area is 150 Å². The van der Waals surface area contributed by atoms with Gasteiger partial charge >= 0.3 is 0 Å². The molecule has 3 rings (SSSR count). The van der Waals surface area contributed by atoms with Gasteiger partial charge in [0.2, 0.25) is 6.17 Å². The molecule has 0 saturated carbocycles. The molecule has 8 heteroatoms. The number of hydrogen-bond donors (Lipinski definition) is 2. The van der Waals surface area contributed by atoms with E-state index >= 15 is 0 Å². The molecule has 1 saturated heterocycles. The monoisotopic (exact) mass is 379 g/mol. The number of amides is 1. The number of carbonyl (C=O) groups excluding carboxylic acids is 2. The van der Waals surface area contributed by atoms with Gasteiger partial charge in [-0.3, -0.25) is 14.9 Å². The smallest absolute Gasteiger partial charge is 0.256 e. The second-order valence-corrected chi connectivity index (χ2v) is 9.19. The summed E-state index contributed by atoms with van der Waals surface area (Å²) in [5, 5.41) is 6.21. The number of quaternary nitrogens is 1. The van der Waals surface area contributed by atoms with Gasteiger partial charge in [0.1, 0.15) is 11.8 Å². The molecular formula is C17H19N2O4S2+. The number of carbonyl (C=O) groups is 2. The summed E-state index contributed by atoms with van der Waals surface area (Å²) >= 11 is 1.30. The highest BCUT2D eigenvalue weighted by atomic mass is 32.2. The Hall–Kier alpha value is -2.03. The van der Waals surface area contributed by atoms with E-state index in [4.69, 9.17) is 0 Å². The number of thiophene rings is 1. The molecule has 2 heterocycles. The Balaban J connectivity index is 1.77. The van der Waals surface area contributed by atoms with E-state index < -0.39 is 16.0 Å². The molecule has 6 nitrogen and oxygen atoms in total. The molecule has 2 aromatic rings. The van der Waals surface area contributed by atoms with Crippen molar-refractivity contribution in [2.24, 2.45) is 0 Å². The summed E-state index contributed by atoms with van der Waals surface area (Å²) in [6.07, 6.45) is -0.359. The van der Waals surface area contributed by atoms with Crippen LogP contribution in [0.2, 0.25) is 0 Å². The number of sulfone groups is 1. The van der Waals surface area contributed by atoms with Crippen LogP contribution >= 0.6 is 11.3 Å². The summed E-state index contributed by atoms with van der Waals surface area (Å²) in [7, 11) is -3.05. The maximum Gasteiger partial charge on any atom is 0.256 e. The first-order chi connectivity index (χ1) is 11.9. The molecule has 0 spiro atoms. The molecule has 1 aliphatic heterocycles. The first-order valence-corrected chi connectivity index (χ1v) is 10.6. The Morgan fingerprint density at radius 3 is 2.52 bits per heavy atom. The van der Waals surface area contributed by atoms with Crippen molar-refractivity contribution >= 4 is 32.9 Å². The lowest BCUT2D eigenvalue weighted by atomic mass is 10.1. The van der Waals surface area contributed by atoms with Crippen LogP contribution in [0.5, 0.6) is 0 Å². The van der Waals surface area contributed by atoms with E-state index in [-0.39, 0.29) is 29.2 Å². The topological polar surface area (TPSA) is 96.9 Å². The third-order valence-corrected chi connectivity index (χ3v) is 6.78. The lowest BCUT2D eigenvalue weighted by molar-refractivity contribution is -0.706. The number of hydrogen-bond acceptors (Lipinski definition) is 5. The zero-order valence-corrected chi connectivity index (χ0v) is 15.1. The van der Waals surface area contributed by atoms with Crippen LogP contribution in [-0.2, 0) is 9.84 Å². The van der Waals surface area contributed by atoms with Crippen molar-refractivity contribution < 1.29 is 23.3 Å². The fraction of sp³-hybridized carbons (Fsp3) is 0.294. The molecule has 0 aliphatic carbocycles. The molecule has 0 radical (unpaired) electrons. The number of ketones is 1. The number of nitrogens with one attached hydrogen (secondary N) is 1. The minimum absolute atomic E-state index is 0.0302. The van der Waals surface area contributed by atoms with Crippen molar-refractivity contribution in [2.45, 2.75) is 18.6 Å². The van der Waals surface area contributed by atoms with Crippen molar-refractivity contribution in [1.29, 1.82) is 0 Å². The molecule has 25 heavy (non-hydrogen) atoms. The Morgan fingerprint density at radius 2 is 1.92 bits per heavy atom. The van der Waals surface area contributed by atoms with Crippen molar-refractivity contribution in [3.05, 3.63) is 58.3 Å². The fourth-order valence-corrected chi connectivity index (χ4v) is 5.30. The zero-order valence-electron chi connectivity index (χ0n) is 13.4. The fourth-order valence-electron chi connectivity index (χ4n) is 2.83. The van der Waals surface area contributed by atoms with Gasteiger partial charge in [-0.15, -0.1) is 11.3 Å². The van der Waals surface area contributed by atoms with Crippen LogP contribution in [0.1, 0.15) is 26.5 Å². The van der Waals surface area contributed by atoms with Crippen LogP contribution < -0.4 is 10.6 Å². The molecule has 1 aromatic carbocycles. The van der Waals surface area contributed by atoms with E-state index in [9.17, 15) is 18.0 Å². The summed E-state index contributed by atoms with van der Waals surface area (Å²) in [4.78, 5) is 25.7. The summed E-state index contributed by atoms with van der Waals surface area (Å²) in [6.45, 7) is 0. The van der Waals surface area contributed by atoms with E-state index in [0.717, 1.165) is 0 Å². The predicted molar refractivity (Wildman–Crippen MR) is 95.3 cm³/mol. The highest BCUT2D eigenvalue weighted by Gasteiger charge is 2.36. The van der Waals surface area contributed by atoms with Gasteiger partial charge in [-0.05, 0) is 23.6 Å². The first kappa shape index (κ1) is 17.8. The van der Waals surface area contributed by atoms with Gasteiger partial charge in [-0.25, -0.2) is 8.42 Å². The summed E-state index contributed by atoms with van der Waals surface area (Å²) in [5.41, 5.74) is 0.457. The Morgan fingerprint density at radius 1 is 1.16 bits per heavy atom. The van der Waals surface area contributed by atoms with Crippen molar-refractivity contribution in [3.63, 3.8) is 0 Å². The molecule has 1 aromatic heterocycles. The van der Waals surface area contributed by atoms with Crippen LogP contribution in [-0.4, -0.2) is 43.8 Å². The van der Waals surface area contributed by atoms with Gasteiger partial charge in [0.25, 0.3) is 11.7 Å². The van der Waals surface area contributed by atoms with E-state index in [0.29, 0.717) is 16.9 Å². The molecule has 0 bridgehead atoms. The quantitative estimate of drug-likeness (QED) is 0.562. The average molecular weight is 379 g/mol. The second-order valence-electron chi connectivity index (χ2n) is 6.01. The van der Waals surface area contributed by atoms with Crippen molar-refractivity contribution in [2.75, 3.05) is 11.5 Å². The highest BCUT2D eigenvalue weighted by molar-refractivity contribution is 7.91. The van der Waals surface area contributed by atoms with Crippen LogP contribution in [0.15, 0.2) is 47.8 Å². The van der Waals surface area contributed by atoms with Crippen LogP contribution in [0.4, 0.5) is 0 Å². The van der Waals surface area contributed by atoms with Crippen LogP contribution in [0, 0.1) is 0 Å². The lowest BCUT2D eigenvalue weighted by Crippen LogP contribution is -3.00. The molecular weight excluding hydrogens is 360 g/mol. The summed E-state index contributed by atoms with van der Waals surface area (Å²) in [6, 6.07) is 11.9. The van der Waals surface area contributed by atoms with Gasteiger partial charge in [-0.2, -0.15) is 0 Å². The van der Waals surface area contributed by atoms with Crippen molar-refractivity contribution in [1.82, 2.24) is 5.32 Å². The van der Waals surface area contributed by atoms with E-state index in [1.807, 2.05) is 0 Å². The SMILES string of the molecule is O=C(N[C@H]([NH2+][C@@H]1CCS(=O)(=O)C1)C(=O)c1cccs1)c1ccccc1. The maximum absolute atomic E-state index is 12.7. The molecule has 132 valence electrons. The van der Waals surface area contributed by atoms with Gasteiger partial charge in [0, 0.05) is 12.0 Å². The number of nitrogens with two attached hydrogens (primary N) is 1. The largest absolute Gasteiger partial charge is 0.317 e. The van der Waals surface area contributed by atoms with Gasteiger partial charge in [0.05, 0.1) is 10.6 Å². The average Bonchev–Trinajstić information content (AvgIpc) is 3.24. The van der Waals surface area contributed by atoms with Crippen molar-refractivity contribution in [3.8, 4) is 0 Å². The standard InChI is InChI=1S/C17H18N2O4S2/c20-15(14-7-4-9-24-14)16(18-13-8-10-25(22,23)11-13)19-17(21)12-5-2-1-3-6-12/h1-7,9,13,16,18H,8,10-11H2,(H,19,21)/p+1/t13-,16+/m1/s1. The van der Waals surface area contributed by atoms with Gasteiger partial charge < -0.3 is 5.32 Å².